The van der Waals surface area contributed by atoms with E-state index in [1.807, 2.05) is 4.90 Å². The first-order chi connectivity index (χ1) is 10.2. The number of hydrogen-bond donors (Lipinski definition) is 0. The van der Waals surface area contributed by atoms with Gasteiger partial charge in [0, 0.05) is 25.9 Å². The smallest absolute Gasteiger partial charge is 0.255 e. The lowest BCUT2D eigenvalue weighted by atomic mass is 10.2. The van der Waals surface area contributed by atoms with Gasteiger partial charge in [0.05, 0.1) is 17.5 Å². The second-order valence-electron chi connectivity index (χ2n) is 4.91. The predicted octanol–water partition coefficient (Wildman–Crippen LogP) is 0.730. The van der Waals surface area contributed by atoms with Gasteiger partial charge < -0.3 is 4.90 Å². The van der Waals surface area contributed by atoms with Gasteiger partial charge in [-0.25, -0.2) is 15.0 Å². The summed E-state index contributed by atoms with van der Waals surface area (Å²) in [4.78, 5) is 26.5. The molecule has 1 unspecified atom stereocenters. The van der Waals surface area contributed by atoms with E-state index in [9.17, 15) is 10.1 Å². The third-order valence-electron chi connectivity index (χ3n) is 3.61. The van der Waals surface area contributed by atoms with Crippen LogP contribution in [0.25, 0.3) is 11.4 Å². The molecule has 0 spiro atoms. The molecule has 21 heavy (non-hydrogen) atoms. The van der Waals surface area contributed by atoms with E-state index in [-0.39, 0.29) is 11.6 Å². The highest BCUT2D eigenvalue weighted by atomic mass is 16.1. The van der Waals surface area contributed by atoms with Crippen molar-refractivity contribution in [2.24, 2.45) is 7.05 Å². The Kier molecular flexibility index (Phi) is 3.36. The van der Waals surface area contributed by atoms with E-state index >= 15 is 0 Å². The van der Waals surface area contributed by atoms with Gasteiger partial charge in [0.15, 0.2) is 0 Å². The maximum Gasteiger partial charge on any atom is 0.255 e. The summed E-state index contributed by atoms with van der Waals surface area (Å²) in [7, 11) is 1.67. The Hall–Kier alpha value is -2.75. The van der Waals surface area contributed by atoms with Crippen molar-refractivity contribution < 1.29 is 0 Å². The number of nitrogens with zero attached hydrogens (tertiary/aromatic N) is 6. The number of rotatable bonds is 2. The van der Waals surface area contributed by atoms with Crippen LogP contribution in [0, 0.1) is 11.3 Å². The monoisotopic (exact) mass is 282 g/mol. The van der Waals surface area contributed by atoms with Gasteiger partial charge in [0.1, 0.15) is 12.4 Å². The van der Waals surface area contributed by atoms with Gasteiger partial charge in [0.25, 0.3) is 5.56 Å². The van der Waals surface area contributed by atoms with Gasteiger partial charge in [-0.2, -0.15) is 5.26 Å². The largest absolute Gasteiger partial charge is 0.326 e. The van der Waals surface area contributed by atoms with Crippen LogP contribution in [0.1, 0.15) is 12.8 Å². The van der Waals surface area contributed by atoms with Crippen LogP contribution in [0.4, 0.5) is 5.95 Å². The van der Waals surface area contributed by atoms with Crippen molar-refractivity contribution in [1.29, 1.82) is 5.26 Å². The summed E-state index contributed by atoms with van der Waals surface area (Å²) in [5.41, 5.74) is 0.924. The summed E-state index contributed by atoms with van der Waals surface area (Å²) in [5.74, 6) is 0.514. The Bertz CT molecular complexity index is 748. The summed E-state index contributed by atoms with van der Waals surface area (Å²) in [6.07, 6.45) is 4.74. The Morgan fingerprint density at radius 1 is 1.43 bits per heavy atom. The number of anilines is 1. The van der Waals surface area contributed by atoms with Gasteiger partial charge in [-0.15, -0.1) is 0 Å². The third-order valence-corrected chi connectivity index (χ3v) is 3.61. The molecule has 3 rings (SSSR count). The van der Waals surface area contributed by atoms with E-state index in [1.165, 1.54) is 17.0 Å². The first-order valence-corrected chi connectivity index (χ1v) is 6.71. The molecule has 0 saturated carbocycles. The van der Waals surface area contributed by atoms with Gasteiger partial charge in [-0.3, -0.25) is 9.36 Å². The van der Waals surface area contributed by atoms with Crippen LogP contribution < -0.4 is 10.5 Å². The molecule has 3 heterocycles. The van der Waals surface area contributed by atoms with Gasteiger partial charge in [-0.1, -0.05) is 0 Å². The van der Waals surface area contributed by atoms with Crippen LogP contribution in [-0.4, -0.2) is 32.1 Å². The molecule has 7 heteroatoms. The summed E-state index contributed by atoms with van der Waals surface area (Å²) in [6.45, 7) is 0.728. The summed E-state index contributed by atoms with van der Waals surface area (Å²) < 4.78 is 1.47. The first kappa shape index (κ1) is 13.2. The maximum absolute atomic E-state index is 12.2. The average molecular weight is 282 g/mol. The standard InChI is InChI=1S/C14H14N6O/c1-19-13(21)7-12(11-4-5-16-9-17-11)18-14(19)20-6-2-3-10(20)8-15/h4-5,7,9-10H,2-3,6H2,1H3. The molecule has 0 aromatic carbocycles. The molecule has 2 aromatic rings. The highest BCUT2D eigenvalue weighted by molar-refractivity contribution is 5.55. The van der Waals surface area contributed by atoms with E-state index < -0.39 is 0 Å². The molecule has 1 saturated heterocycles. The van der Waals surface area contributed by atoms with Crippen LogP contribution in [0.3, 0.4) is 0 Å². The zero-order valence-corrected chi connectivity index (χ0v) is 11.6. The van der Waals surface area contributed by atoms with Gasteiger partial charge in [-0.05, 0) is 18.9 Å². The van der Waals surface area contributed by atoms with Crippen molar-refractivity contribution in [3.63, 3.8) is 0 Å². The summed E-state index contributed by atoms with van der Waals surface area (Å²) in [6, 6.07) is 5.18. The van der Waals surface area contributed by atoms with Crippen LogP contribution >= 0.6 is 0 Å². The molecule has 2 aromatic heterocycles. The fourth-order valence-electron chi connectivity index (χ4n) is 2.50. The van der Waals surface area contributed by atoms with Crippen molar-refractivity contribution in [2.75, 3.05) is 11.4 Å². The van der Waals surface area contributed by atoms with Crippen molar-refractivity contribution >= 4 is 5.95 Å². The van der Waals surface area contributed by atoms with Crippen LogP contribution in [0.2, 0.25) is 0 Å². The highest BCUT2D eigenvalue weighted by Gasteiger charge is 2.27. The zero-order chi connectivity index (χ0) is 14.8. The molecular formula is C14H14N6O. The third kappa shape index (κ3) is 2.36. The summed E-state index contributed by atoms with van der Waals surface area (Å²) >= 11 is 0. The van der Waals surface area contributed by atoms with E-state index in [2.05, 4.69) is 21.0 Å². The molecule has 0 N–H and O–H groups in total. The van der Waals surface area contributed by atoms with Gasteiger partial charge >= 0.3 is 0 Å². The second kappa shape index (κ2) is 5.32. The van der Waals surface area contributed by atoms with Crippen molar-refractivity contribution in [2.45, 2.75) is 18.9 Å². The lowest BCUT2D eigenvalue weighted by Crippen LogP contribution is -2.34. The normalized spacial score (nSPS) is 17.7. The summed E-state index contributed by atoms with van der Waals surface area (Å²) in [5, 5.41) is 9.22. The molecule has 1 fully saturated rings. The Morgan fingerprint density at radius 3 is 3.00 bits per heavy atom. The van der Waals surface area contributed by atoms with E-state index in [0.717, 1.165) is 19.4 Å². The molecule has 1 atom stereocenters. The topological polar surface area (TPSA) is 87.7 Å². The Morgan fingerprint density at radius 2 is 2.29 bits per heavy atom. The van der Waals surface area contributed by atoms with Crippen LogP contribution in [0.15, 0.2) is 29.5 Å². The van der Waals surface area contributed by atoms with Crippen molar-refractivity contribution in [1.82, 2.24) is 19.5 Å². The molecule has 0 aliphatic carbocycles. The molecule has 0 amide bonds. The van der Waals surface area contributed by atoms with E-state index in [1.54, 1.807) is 19.3 Å². The molecule has 0 bridgehead atoms. The Balaban J connectivity index is 2.11. The Labute approximate surface area is 121 Å². The number of hydrogen-bond acceptors (Lipinski definition) is 6. The fourth-order valence-corrected chi connectivity index (χ4v) is 2.50. The second-order valence-corrected chi connectivity index (χ2v) is 4.91. The number of aromatic nitrogens is 4. The van der Waals surface area contributed by atoms with Crippen molar-refractivity contribution in [3.8, 4) is 17.5 Å². The predicted molar refractivity (Wildman–Crippen MR) is 76.5 cm³/mol. The fraction of sp³-hybridized carbons (Fsp3) is 0.357. The highest BCUT2D eigenvalue weighted by Crippen LogP contribution is 2.24. The maximum atomic E-state index is 12.2. The quantitative estimate of drug-likeness (QED) is 0.807. The van der Waals surface area contributed by atoms with Crippen molar-refractivity contribution in [3.05, 3.63) is 35.0 Å². The van der Waals surface area contributed by atoms with Gasteiger partial charge in [0.2, 0.25) is 5.95 Å². The average Bonchev–Trinajstić information content (AvgIpc) is 2.99. The molecule has 1 aliphatic heterocycles. The first-order valence-electron chi connectivity index (χ1n) is 6.71. The molecule has 106 valence electrons. The van der Waals surface area contributed by atoms with E-state index in [0.29, 0.717) is 17.3 Å². The number of nitriles is 1. The molecule has 1 aliphatic rings. The van der Waals surface area contributed by atoms with Crippen LogP contribution in [0.5, 0.6) is 0 Å². The van der Waals surface area contributed by atoms with E-state index in [4.69, 9.17) is 0 Å². The minimum absolute atomic E-state index is 0.169. The lowest BCUT2D eigenvalue weighted by Gasteiger charge is -2.23. The lowest BCUT2D eigenvalue weighted by molar-refractivity contribution is 0.727. The minimum Gasteiger partial charge on any atom is -0.326 e. The molecular weight excluding hydrogens is 268 g/mol. The zero-order valence-electron chi connectivity index (χ0n) is 11.6. The molecule has 7 nitrogen and oxygen atoms in total. The van der Waals surface area contributed by atoms with Crippen LogP contribution in [-0.2, 0) is 7.05 Å². The SMILES string of the molecule is Cn1c(N2CCCC2C#N)nc(-c2ccncn2)cc1=O. The molecule has 0 radical (unpaired) electrons. The minimum atomic E-state index is -0.233.